The van der Waals surface area contributed by atoms with Gasteiger partial charge >= 0.3 is 0 Å². The molecular weight excluding hydrogens is 749 g/mol. The number of benzene rings is 6. The van der Waals surface area contributed by atoms with E-state index in [9.17, 15) is 9.59 Å². The van der Waals surface area contributed by atoms with E-state index < -0.39 is 11.8 Å². The number of carbonyl (C=O) groups excluding carboxylic acids is 2. The zero-order valence-electron chi connectivity index (χ0n) is 36.0. The van der Waals surface area contributed by atoms with Gasteiger partial charge in [0, 0.05) is 33.6 Å². The van der Waals surface area contributed by atoms with E-state index in [1.807, 2.05) is 163 Å². The van der Waals surface area contributed by atoms with Crippen LogP contribution in [-0.4, -0.2) is 39.2 Å². The summed E-state index contributed by atoms with van der Waals surface area (Å²) < 4.78 is 24.6. The average Bonchev–Trinajstić information content (AvgIpc) is 3.21. The van der Waals surface area contributed by atoms with E-state index in [2.05, 4.69) is 10.6 Å². The first-order valence-electron chi connectivity index (χ1n) is 20.4. The summed E-state index contributed by atoms with van der Waals surface area (Å²) in [7, 11) is 3.25. The van der Waals surface area contributed by atoms with Crippen molar-refractivity contribution in [1.29, 1.82) is 0 Å². The number of hydrogen-bond acceptors (Lipinski definition) is 6. The first-order valence-corrected chi connectivity index (χ1v) is 20.4. The first-order chi connectivity index (χ1) is 28.9. The summed E-state index contributed by atoms with van der Waals surface area (Å²) in [5, 5.41) is 6.31. The summed E-state index contributed by atoms with van der Waals surface area (Å²) in [5.41, 5.74) is 10.6. The summed E-state index contributed by atoms with van der Waals surface area (Å²) in [6.45, 7) is 12.8. The molecular formula is C52H56N2O6. The summed E-state index contributed by atoms with van der Waals surface area (Å²) >= 11 is 0. The Bertz CT molecular complexity index is 2290. The number of anilines is 2. The lowest BCUT2D eigenvalue weighted by atomic mass is 9.87. The van der Waals surface area contributed by atoms with Crippen molar-refractivity contribution < 1.29 is 28.5 Å². The Morgan fingerprint density at radius 1 is 0.433 bits per heavy atom. The number of methoxy groups -OCH3 is 2. The zero-order chi connectivity index (χ0) is 42.8. The van der Waals surface area contributed by atoms with Gasteiger partial charge in [0.15, 0.2) is 0 Å². The van der Waals surface area contributed by atoms with E-state index in [1.54, 1.807) is 14.2 Å². The summed E-state index contributed by atoms with van der Waals surface area (Å²) in [5.74, 6) is 0.729. The van der Waals surface area contributed by atoms with E-state index in [4.69, 9.17) is 18.9 Å². The molecule has 2 N–H and O–H groups in total. The Kier molecular flexibility index (Phi) is 14.3. The molecule has 8 nitrogen and oxygen atoms in total. The van der Waals surface area contributed by atoms with Crippen molar-refractivity contribution in [2.24, 2.45) is 0 Å². The highest BCUT2D eigenvalue weighted by Crippen LogP contribution is 2.40. The summed E-state index contributed by atoms with van der Waals surface area (Å²) in [6.07, 6.45) is 1.37. The van der Waals surface area contributed by atoms with Crippen molar-refractivity contribution in [3.05, 3.63) is 177 Å². The highest BCUT2D eigenvalue weighted by Gasteiger charge is 2.31. The molecule has 0 radical (unpaired) electrons. The number of ether oxygens (including phenoxy) is 4. The van der Waals surface area contributed by atoms with Crippen LogP contribution in [0.25, 0.3) is 0 Å². The maximum atomic E-state index is 14.3. The monoisotopic (exact) mass is 804 g/mol. The molecule has 6 aromatic rings. The molecule has 0 aliphatic carbocycles. The Balaban J connectivity index is 1.21. The van der Waals surface area contributed by atoms with Crippen LogP contribution in [0, 0.1) is 41.5 Å². The van der Waals surface area contributed by atoms with Crippen molar-refractivity contribution in [2.45, 2.75) is 66.2 Å². The SMILES string of the molecule is COc1ccc(C)cc1C(C(=O)Nc1cccc(C)c1)c1cc(C)ccc1OCCCCOc1ccc(C)cc1C(C(=O)Nc1cccc(C)c1)c1cc(C)ccc1OC. The van der Waals surface area contributed by atoms with Gasteiger partial charge in [-0.2, -0.15) is 0 Å². The predicted molar refractivity (Wildman–Crippen MR) is 241 cm³/mol. The number of unbranched alkanes of at least 4 members (excludes halogenated alkanes) is 1. The molecule has 0 aliphatic rings. The fraction of sp³-hybridized carbons (Fsp3) is 0.269. The van der Waals surface area contributed by atoms with Crippen LogP contribution in [-0.2, 0) is 9.59 Å². The standard InChI is InChI=1S/C52H56N2O6/c1-33-13-11-15-39(27-33)53-51(55)49(41-29-35(3)17-21-45(41)57-7)43-31-37(5)19-23-47(43)59-25-9-10-26-60-48-24-20-38(6)32-44(48)50(42-30-36(4)18-22-46(42)58-8)52(56)54-40-16-12-14-34(2)28-40/h11-24,27-32,49-50H,9-10,25-26H2,1-8H3,(H,53,55)(H,54,56). The van der Waals surface area contributed by atoms with Crippen LogP contribution >= 0.6 is 0 Å². The molecule has 0 heterocycles. The van der Waals surface area contributed by atoms with Crippen LogP contribution in [0.15, 0.2) is 121 Å². The molecule has 2 amide bonds. The highest BCUT2D eigenvalue weighted by molar-refractivity contribution is 6.00. The second-order valence-electron chi connectivity index (χ2n) is 15.6. The second kappa shape index (κ2) is 19.9. The molecule has 0 aliphatic heterocycles. The van der Waals surface area contributed by atoms with Gasteiger partial charge in [-0.1, -0.05) is 95.1 Å². The molecule has 6 aromatic carbocycles. The van der Waals surface area contributed by atoms with Gasteiger partial charge in [-0.3, -0.25) is 9.59 Å². The van der Waals surface area contributed by atoms with Gasteiger partial charge in [0.2, 0.25) is 11.8 Å². The summed E-state index contributed by atoms with van der Waals surface area (Å²) in [4.78, 5) is 28.7. The molecule has 6 rings (SSSR count). The van der Waals surface area contributed by atoms with Crippen LogP contribution in [0.2, 0.25) is 0 Å². The third kappa shape index (κ3) is 10.7. The van der Waals surface area contributed by atoms with E-state index in [0.29, 0.717) is 49.1 Å². The van der Waals surface area contributed by atoms with Crippen molar-refractivity contribution in [3.63, 3.8) is 0 Å². The number of amides is 2. The maximum Gasteiger partial charge on any atom is 0.236 e. The largest absolute Gasteiger partial charge is 0.496 e. The molecule has 0 bridgehead atoms. The van der Waals surface area contributed by atoms with E-state index >= 15 is 0 Å². The number of nitrogens with one attached hydrogen (secondary N) is 2. The highest BCUT2D eigenvalue weighted by atomic mass is 16.5. The molecule has 310 valence electrons. The topological polar surface area (TPSA) is 95.1 Å². The fourth-order valence-electron chi connectivity index (χ4n) is 7.55. The van der Waals surface area contributed by atoms with E-state index in [1.165, 1.54) is 0 Å². The molecule has 2 unspecified atom stereocenters. The lowest BCUT2D eigenvalue weighted by Gasteiger charge is -2.24. The third-order valence-electron chi connectivity index (χ3n) is 10.5. The Hall–Kier alpha value is -6.54. The van der Waals surface area contributed by atoms with E-state index in [-0.39, 0.29) is 11.8 Å². The smallest absolute Gasteiger partial charge is 0.236 e. The minimum absolute atomic E-state index is 0.184. The van der Waals surface area contributed by atoms with Gasteiger partial charge in [-0.25, -0.2) is 0 Å². The van der Waals surface area contributed by atoms with E-state index in [0.717, 1.165) is 67.0 Å². The normalized spacial score (nSPS) is 11.9. The van der Waals surface area contributed by atoms with Gasteiger partial charge in [-0.05, 0) is 114 Å². The molecule has 8 heteroatoms. The van der Waals surface area contributed by atoms with Crippen molar-refractivity contribution >= 4 is 23.2 Å². The van der Waals surface area contributed by atoms with Gasteiger partial charge in [0.1, 0.15) is 23.0 Å². The van der Waals surface area contributed by atoms with Crippen LogP contribution in [0.1, 0.15) is 80.3 Å². The van der Waals surface area contributed by atoms with Gasteiger partial charge < -0.3 is 29.6 Å². The minimum Gasteiger partial charge on any atom is -0.496 e. The lowest BCUT2D eigenvalue weighted by Crippen LogP contribution is -2.24. The number of carbonyl (C=O) groups is 2. The maximum absolute atomic E-state index is 14.3. The number of aryl methyl sites for hydroxylation is 6. The van der Waals surface area contributed by atoms with Gasteiger partial charge in [0.05, 0.1) is 39.3 Å². The van der Waals surface area contributed by atoms with Crippen molar-refractivity contribution in [1.82, 2.24) is 0 Å². The minimum atomic E-state index is -0.707. The number of rotatable bonds is 17. The third-order valence-corrected chi connectivity index (χ3v) is 10.5. The molecule has 0 spiro atoms. The van der Waals surface area contributed by atoms with Crippen molar-refractivity contribution in [2.75, 3.05) is 38.1 Å². The second-order valence-corrected chi connectivity index (χ2v) is 15.6. The summed E-state index contributed by atoms with van der Waals surface area (Å²) in [6, 6.07) is 39.3. The van der Waals surface area contributed by atoms with Gasteiger partial charge in [-0.15, -0.1) is 0 Å². The molecule has 0 saturated heterocycles. The molecule has 60 heavy (non-hydrogen) atoms. The quantitative estimate of drug-likeness (QED) is 0.0892. The average molecular weight is 805 g/mol. The molecule has 2 atom stereocenters. The van der Waals surface area contributed by atoms with Crippen LogP contribution in [0.4, 0.5) is 11.4 Å². The molecule has 0 aromatic heterocycles. The first kappa shape index (κ1) is 43.0. The number of hydrogen-bond donors (Lipinski definition) is 2. The van der Waals surface area contributed by atoms with Gasteiger partial charge in [0.25, 0.3) is 0 Å². The Morgan fingerprint density at radius 2 is 0.750 bits per heavy atom. The lowest BCUT2D eigenvalue weighted by molar-refractivity contribution is -0.117. The van der Waals surface area contributed by atoms with Crippen molar-refractivity contribution in [3.8, 4) is 23.0 Å². The molecule has 0 saturated carbocycles. The Labute approximate surface area is 354 Å². The molecule has 0 fully saturated rings. The van der Waals surface area contributed by atoms with Crippen LogP contribution < -0.4 is 29.6 Å². The van der Waals surface area contributed by atoms with Crippen LogP contribution in [0.5, 0.6) is 23.0 Å². The Morgan fingerprint density at radius 3 is 1.08 bits per heavy atom. The predicted octanol–water partition coefficient (Wildman–Crippen LogP) is 11.3. The van der Waals surface area contributed by atoms with Crippen LogP contribution in [0.3, 0.4) is 0 Å². The fourth-order valence-corrected chi connectivity index (χ4v) is 7.55. The zero-order valence-corrected chi connectivity index (χ0v) is 36.0.